The first-order valence-corrected chi connectivity index (χ1v) is 61.7. The zero-order valence-electron chi connectivity index (χ0n) is 88.0. The van der Waals surface area contributed by atoms with Gasteiger partial charge in [0.15, 0.2) is 0 Å². The smallest absolute Gasteiger partial charge is 0.416 e. The lowest BCUT2D eigenvalue weighted by Crippen LogP contribution is -2.48. The van der Waals surface area contributed by atoms with Gasteiger partial charge < -0.3 is 34.0 Å². The summed E-state index contributed by atoms with van der Waals surface area (Å²) in [5.74, 6) is 5.30. The summed E-state index contributed by atoms with van der Waals surface area (Å²) in [4.78, 5) is 14.3. The lowest BCUT2D eigenvalue weighted by molar-refractivity contribution is -0.137. The minimum absolute atomic E-state index is 0.144. The van der Waals surface area contributed by atoms with Crippen LogP contribution in [-0.2, 0) is 56.3 Å². The largest absolute Gasteiger partial charge is 0.497 e. The molecular weight excluding hydrogens is 2020 g/mol. The first-order chi connectivity index (χ1) is 72.0. The van der Waals surface area contributed by atoms with Gasteiger partial charge in [0.05, 0.1) is 44.3 Å². The van der Waals surface area contributed by atoms with Crippen molar-refractivity contribution in [3.05, 3.63) is 259 Å². The van der Waals surface area contributed by atoms with Crippen LogP contribution in [0.25, 0.3) is 55.6 Å². The summed E-state index contributed by atoms with van der Waals surface area (Å²) in [6, 6.07) is 71.5. The maximum atomic E-state index is 14.0. The molecule has 0 amide bonds. The molecule has 0 bridgehead atoms. The summed E-state index contributed by atoms with van der Waals surface area (Å²) in [5.41, 5.74) is 7.23. The van der Waals surface area contributed by atoms with Gasteiger partial charge in [0.2, 0.25) is 50.1 Å². The van der Waals surface area contributed by atoms with Gasteiger partial charge in [-0.1, -0.05) is 186 Å². The molecule has 150 heavy (non-hydrogen) atoms. The first kappa shape index (κ1) is 114. The molecule has 810 valence electrons. The standard InChI is InChI=1S/C24H29F3N2O2S.2C24H32N2O3S.C23H29ClN2O2S.C23H29FN2O2S/c1-18-10-14-28(15-11-18)21-12-16-29(17-13-21)32(30,31)23-5-3-2-4-22(23)19-6-8-20(9-7-19)24(25,26)27;1-19-11-15-25(16-12-19)22-13-17-26(18-14-22)30(27,28)24-9-5-21(6-10-24)20-3-7-23(29-2)8-4-20;1-19-11-15-25(16-12-19)21-13-17-26(18-14-21)30(27,28)22-9-7-20(8-10-22)23-5-3-4-6-24(23)29-2;1-18-10-14-25(15-11-18)22-12-16-26(17-13-22)29(27,28)23-8-4-20(5-9-23)19-2-6-21(24)7-3-19;1-18-10-14-25(15-11-18)20-12-16-26(17-13-20)29(27,28)21-8-6-19(7-9-21)22-4-2-3-5-23(22)24/h2-9,18,21H,10-17H2,1H3;3-10,19,22H,11-18H2,1-2H3;3-10,19,21H,11-18H2,1-2H3;2-9,18,22H,10-17H2,1H3;2-9,18,20H,10-17H2,1H3. The lowest BCUT2D eigenvalue weighted by Gasteiger charge is -2.41. The van der Waals surface area contributed by atoms with Crippen LogP contribution in [-0.4, -0.2) is 263 Å². The second-order valence-electron chi connectivity index (χ2n) is 42.9. The molecule has 0 unspecified atom stereocenters. The zero-order chi connectivity index (χ0) is 106. The number of nitrogens with zero attached hydrogens (tertiary/aromatic N) is 10. The number of ether oxygens (including phenoxy) is 2. The summed E-state index contributed by atoms with van der Waals surface area (Å²) in [6.07, 6.45) is 17.0. The van der Waals surface area contributed by atoms with E-state index in [0.29, 0.717) is 138 Å². The number of methoxy groups -OCH3 is 2. The van der Waals surface area contributed by atoms with Crippen LogP contribution in [0, 0.1) is 35.4 Å². The first-order valence-electron chi connectivity index (χ1n) is 54.2. The van der Waals surface area contributed by atoms with E-state index in [-0.39, 0.29) is 15.6 Å². The average Bonchev–Trinajstić information content (AvgIpc) is 0.769. The molecule has 0 saturated carbocycles. The van der Waals surface area contributed by atoms with Gasteiger partial charge in [0.25, 0.3) is 0 Å². The molecule has 22 nitrogen and oxygen atoms in total. The summed E-state index contributed by atoms with van der Waals surface area (Å²) in [7, 11) is -14.3. The summed E-state index contributed by atoms with van der Waals surface area (Å²) in [5, 5.41) is 0.690. The van der Waals surface area contributed by atoms with E-state index in [9.17, 15) is 59.7 Å². The van der Waals surface area contributed by atoms with Gasteiger partial charge in [-0.2, -0.15) is 34.7 Å². The van der Waals surface area contributed by atoms with E-state index in [1.807, 2.05) is 109 Å². The quantitative estimate of drug-likeness (QED) is 0.0575. The molecular formula is C118H151ClF4N10O12S5. The van der Waals surface area contributed by atoms with Gasteiger partial charge in [-0.25, -0.2) is 46.5 Å². The van der Waals surface area contributed by atoms with Crippen LogP contribution in [0.2, 0.25) is 5.02 Å². The SMILES string of the molecule is CC1CCN(C2CCN(S(=O)(=O)c3ccc(-c4ccc(Cl)cc4)cc3)CC2)CC1.CC1CCN(C2CCN(S(=O)(=O)c3ccc(-c4ccccc4F)cc3)CC2)CC1.CC1CCN(C2CCN(S(=O)(=O)c3ccccc3-c3ccc(C(F)(F)F)cc3)CC2)CC1.COc1ccc(-c2ccc(S(=O)(=O)N3CCC(N4CCC(C)CC4)CC3)cc2)cc1.COc1ccccc1-c1ccc(S(=O)(=O)N2CCC(N3CCC(C)CC3)CC2)cc1. The van der Waals surface area contributed by atoms with Crippen LogP contribution in [0.3, 0.4) is 0 Å². The number of hydrogen-bond donors (Lipinski definition) is 0. The highest BCUT2D eigenvalue weighted by Crippen LogP contribution is 2.41. The molecule has 10 saturated heterocycles. The third kappa shape index (κ3) is 28.7. The Kier molecular flexibility index (Phi) is 39.2. The van der Waals surface area contributed by atoms with Gasteiger partial charge >= 0.3 is 6.18 Å². The number of benzene rings is 10. The Labute approximate surface area is 895 Å². The Bertz CT molecular complexity index is 6600. The fraction of sp³-hybridized carbons (Fsp3) is 0.492. The number of hydrogen-bond acceptors (Lipinski definition) is 17. The highest BCUT2D eigenvalue weighted by Gasteiger charge is 2.41. The maximum absolute atomic E-state index is 14.0. The molecule has 0 N–H and O–H groups in total. The third-order valence-electron chi connectivity index (χ3n) is 33.0. The van der Waals surface area contributed by atoms with Crippen molar-refractivity contribution in [2.45, 2.75) is 224 Å². The van der Waals surface area contributed by atoms with Gasteiger partial charge in [0, 0.05) is 117 Å². The Morgan fingerprint density at radius 1 is 0.253 bits per heavy atom. The number of sulfonamides is 5. The van der Waals surface area contributed by atoms with Gasteiger partial charge in [-0.05, 0) is 366 Å². The van der Waals surface area contributed by atoms with Crippen molar-refractivity contribution in [1.29, 1.82) is 0 Å². The van der Waals surface area contributed by atoms with Crippen LogP contribution in [0.4, 0.5) is 17.6 Å². The predicted molar refractivity (Wildman–Crippen MR) is 591 cm³/mol. The van der Waals surface area contributed by atoms with Gasteiger partial charge in [-0.3, -0.25) is 0 Å². The molecule has 0 atom stereocenters. The highest BCUT2D eigenvalue weighted by molar-refractivity contribution is 7.90. The summed E-state index contributed by atoms with van der Waals surface area (Å²) < 4.78 is 203. The second-order valence-corrected chi connectivity index (χ2v) is 52.9. The molecule has 20 rings (SSSR count). The van der Waals surface area contributed by atoms with E-state index >= 15 is 0 Å². The molecule has 10 aromatic carbocycles. The fourth-order valence-corrected chi connectivity index (χ4v) is 30.7. The minimum Gasteiger partial charge on any atom is -0.497 e. The van der Waals surface area contributed by atoms with Crippen LogP contribution >= 0.6 is 11.6 Å². The molecule has 32 heteroatoms. The van der Waals surface area contributed by atoms with Crippen molar-refractivity contribution in [1.82, 2.24) is 46.0 Å². The normalized spacial score (nSPS) is 20.5. The van der Waals surface area contributed by atoms with Crippen LogP contribution in [0.1, 0.15) is 169 Å². The molecule has 0 radical (unpaired) electrons. The van der Waals surface area contributed by atoms with Gasteiger partial charge in [-0.15, -0.1) is 0 Å². The molecule has 0 aromatic heterocycles. The van der Waals surface area contributed by atoms with E-state index in [2.05, 4.69) is 59.1 Å². The van der Waals surface area contributed by atoms with E-state index < -0.39 is 61.9 Å². The molecule has 10 aromatic rings. The minimum atomic E-state index is -4.43. The monoisotopic (exact) mass is 2170 g/mol. The molecule has 10 aliphatic heterocycles. The van der Waals surface area contributed by atoms with Crippen molar-refractivity contribution < 1.29 is 69.1 Å². The number of alkyl halides is 3. The maximum Gasteiger partial charge on any atom is 0.416 e. The van der Waals surface area contributed by atoms with E-state index in [1.165, 1.54) is 86.7 Å². The third-order valence-corrected chi connectivity index (χ3v) is 42.9. The van der Waals surface area contributed by atoms with Crippen molar-refractivity contribution in [2.75, 3.05) is 145 Å². The number of likely N-dealkylation sites (tertiary alicyclic amines) is 5. The Hall–Kier alpha value is -8.84. The van der Waals surface area contributed by atoms with Crippen molar-refractivity contribution >= 4 is 61.7 Å². The molecule has 0 aliphatic carbocycles. The molecule has 10 fully saturated rings. The van der Waals surface area contributed by atoms with Crippen molar-refractivity contribution in [3.63, 3.8) is 0 Å². The number of para-hydroxylation sites is 1. The Morgan fingerprint density at radius 3 is 0.773 bits per heavy atom. The van der Waals surface area contributed by atoms with Crippen molar-refractivity contribution in [3.8, 4) is 67.1 Å². The number of halogens is 5. The van der Waals surface area contributed by atoms with E-state index in [1.54, 1.807) is 135 Å². The van der Waals surface area contributed by atoms with E-state index in [4.69, 9.17) is 21.1 Å². The predicted octanol–water partition coefficient (Wildman–Crippen LogP) is 23.0. The zero-order valence-corrected chi connectivity index (χ0v) is 92.8. The Morgan fingerprint density at radius 2 is 0.487 bits per heavy atom. The summed E-state index contributed by atoms with van der Waals surface area (Å²) in [6.45, 7) is 28.6. The molecule has 10 heterocycles. The number of rotatable bonds is 22. The Balaban J connectivity index is 0.000000134. The second kappa shape index (κ2) is 51.7. The van der Waals surface area contributed by atoms with Crippen molar-refractivity contribution in [2.24, 2.45) is 29.6 Å². The van der Waals surface area contributed by atoms with Crippen LogP contribution in [0.5, 0.6) is 11.5 Å². The average molecular weight is 2170 g/mol. The van der Waals surface area contributed by atoms with Crippen LogP contribution in [0.15, 0.2) is 267 Å². The molecule has 10 aliphatic rings. The summed E-state index contributed by atoms with van der Waals surface area (Å²) >= 11 is 5.95. The fourth-order valence-electron chi connectivity index (χ4n) is 23.0. The highest BCUT2D eigenvalue weighted by atomic mass is 35.5. The van der Waals surface area contributed by atoms with Gasteiger partial charge in [0.1, 0.15) is 17.3 Å². The number of piperidine rings is 10. The lowest BCUT2D eigenvalue weighted by atomic mass is 9.95. The topological polar surface area (TPSA) is 222 Å². The molecule has 0 spiro atoms. The van der Waals surface area contributed by atoms with E-state index in [0.717, 1.165) is 216 Å². The van der Waals surface area contributed by atoms with Crippen LogP contribution < -0.4 is 9.47 Å².